The number of aliphatic hydroxyl groups excluding tert-OH is 1. The highest BCUT2D eigenvalue weighted by atomic mass is 16.3. The minimum Gasteiger partial charge on any atom is -0.381 e. The molecule has 0 spiro atoms. The molecule has 2 rings (SSSR count). The zero-order valence-electron chi connectivity index (χ0n) is 11.4. The summed E-state index contributed by atoms with van der Waals surface area (Å²) in [5.41, 5.74) is 2.70. The quantitative estimate of drug-likeness (QED) is 0.684. The van der Waals surface area contributed by atoms with Crippen LogP contribution < -0.4 is 0 Å². The molecule has 0 amide bonds. The summed E-state index contributed by atoms with van der Waals surface area (Å²) in [5, 5.41) is 9.26. The zero-order valence-corrected chi connectivity index (χ0v) is 11.4. The Labute approximate surface area is 119 Å². The highest BCUT2D eigenvalue weighted by molar-refractivity contribution is 5.65. The van der Waals surface area contributed by atoms with Gasteiger partial charge in [-0.2, -0.15) is 0 Å². The van der Waals surface area contributed by atoms with E-state index in [0.717, 1.165) is 23.1 Å². The van der Waals surface area contributed by atoms with Gasteiger partial charge in [0.05, 0.1) is 0 Å². The van der Waals surface area contributed by atoms with Gasteiger partial charge in [0.1, 0.15) is 6.10 Å². The second-order valence-electron chi connectivity index (χ2n) is 4.40. The van der Waals surface area contributed by atoms with E-state index in [0.29, 0.717) is 5.82 Å². The van der Waals surface area contributed by atoms with Crippen molar-refractivity contribution in [2.75, 3.05) is 0 Å². The lowest BCUT2D eigenvalue weighted by Gasteiger charge is -2.04. The maximum Gasteiger partial charge on any atom is 0.160 e. The highest BCUT2D eigenvalue weighted by Gasteiger charge is 2.05. The maximum atomic E-state index is 9.26. The summed E-state index contributed by atoms with van der Waals surface area (Å²) < 4.78 is 0. The van der Waals surface area contributed by atoms with Gasteiger partial charge in [-0.25, -0.2) is 9.97 Å². The molecule has 2 aromatic rings. The standard InChI is InChI=1S/C17H16N2O/c1-3-6-14-11-18-17(19-12-14)16-8-5-4-7-15(16)10-9-13(2)20/h3-5,7-8,11-13,20H,1,6H2,2H3. The third kappa shape index (κ3) is 3.53. The summed E-state index contributed by atoms with van der Waals surface area (Å²) in [7, 11) is 0. The summed E-state index contributed by atoms with van der Waals surface area (Å²) >= 11 is 0. The molecule has 0 radical (unpaired) electrons. The topological polar surface area (TPSA) is 46.0 Å². The van der Waals surface area contributed by atoms with Gasteiger partial charge in [-0.3, -0.25) is 0 Å². The largest absolute Gasteiger partial charge is 0.381 e. The van der Waals surface area contributed by atoms with E-state index in [4.69, 9.17) is 0 Å². The summed E-state index contributed by atoms with van der Waals surface area (Å²) in [5.74, 6) is 6.33. The molecule has 1 aromatic carbocycles. The van der Waals surface area contributed by atoms with E-state index in [1.807, 2.05) is 30.3 Å². The smallest absolute Gasteiger partial charge is 0.160 e. The molecule has 1 aromatic heterocycles. The maximum absolute atomic E-state index is 9.26. The molecule has 0 aliphatic heterocycles. The fraction of sp³-hybridized carbons (Fsp3) is 0.176. The van der Waals surface area contributed by atoms with Crippen LogP contribution in [0.25, 0.3) is 11.4 Å². The molecular weight excluding hydrogens is 248 g/mol. The summed E-state index contributed by atoms with van der Waals surface area (Å²) in [6.45, 7) is 5.33. The van der Waals surface area contributed by atoms with Gasteiger partial charge in [0.25, 0.3) is 0 Å². The van der Waals surface area contributed by atoms with E-state index >= 15 is 0 Å². The SMILES string of the molecule is C=CCc1cnc(-c2ccccc2C#CC(C)O)nc1. The van der Waals surface area contributed by atoms with Crippen LogP contribution in [0.4, 0.5) is 0 Å². The predicted molar refractivity (Wildman–Crippen MR) is 79.9 cm³/mol. The van der Waals surface area contributed by atoms with E-state index in [1.165, 1.54) is 0 Å². The molecule has 100 valence electrons. The Hall–Kier alpha value is -2.44. The molecule has 20 heavy (non-hydrogen) atoms. The number of hydrogen-bond acceptors (Lipinski definition) is 3. The minimum absolute atomic E-state index is 0.633. The monoisotopic (exact) mass is 264 g/mol. The van der Waals surface area contributed by atoms with Gasteiger partial charge >= 0.3 is 0 Å². The molecule has 1 heterocycles. The van der Waals surface area contributed by atoms with Crippen LogP contribution in [0.2, 0.25) is 0 Å². The average Bonchev–Trinajstić information content (AvgIpc) is 2.47. The summed E-state index contributed by atoms with van der Waals surface area (Å²) in [6, 6.07) is 7.64. The van der Waals surface area contributed by atoms with Crippen molar-refractivity contribution in [2.24, 2.45) is 0 Å². The van der Waals surface area contributed by atoms with Crippen molar-refractivity contribution >= 4 is 0 Å². The highest BCUT2D eigenvalue weighted by Crippen LogP contribution is 2.19. The molecule has 0 aliphatic carbocycles. The first kappa shape index (κ1) is 14.0. The second kappa shape index (κ2) is 6.65. The van der Waals surface area contributed by atoms with E-state index < -0.39 is 6.10 Å². The van der Waals surface area contributed by atoms with Gasteiger partial charge in [0.2, 0.25) is 0 Å². The summed E-state index contributed by atoms with van der Waals surface area (Å²) in [4.78, 5) is 8.73. The Bertz CT molecular complexity index is 649. The lowest BCUT2D eigenvalue weighted by atomic mass is 10.1. The van der Waals surface area contributed by atoms with Crippen molar-refractivity contribution < 1.29 is 5.11 Å². The van der Waals surface area contributed by atoms with Gasteiger partial charge in [-0.15, -0.1) is 6.58 Å². The van der Waals surface area contributed by atoms with Crippen molar-refractivity contribution in [2.45, 2.75) is 19.4 Å². The van der Waals surface area contributed by atoms with E-state index in [1.54, 1.807) is 19.3 Å². The predicted octanol–water partition coefficient (Wildman–Crippen LogP) is 2.60. The third-order valence-corrected chi connectivity index (χ3v) is 2.67. The van der Waals surface area contributed by atoms with Crippen LogP contribution in [0.1, 0.15) is 18.1 Å². The van der Waals surface area contributed by atoms with Crippen molar-refractivity contribution in [3.63, 3.8) is 0 Å². The molecule has 3 nitrogen and oxygen atoms in total. The van der Waals surface area contributed by atoms with Crippen LogP contribution in [0.5, 0.6) is 0 Å². The van der Waals surface area contributed by atoms with Crippen molar-refractivity contribution in [1.82, 2.24) is 9.97 Å². The van der Waals surface area contributed by atoms with Gasteiger partial charge in [-0.05, 0) is 31.0 Å². The number of allylic oxidation sites excluding steroid dienone is 1. The first-order chi connectivity index (χ1) is 9.70. The Kier molecular flexibility index (Phi) is 4.65. The van der Waals surface area contributed by atoms with Gasteiger partial charge in [-0.1, -0.05) is 30.0 Å². The number of nitrogens with zero attached hydrogens (tertiary/aromatic N) is 2. The molecule has 0 saturated heterocycles. The number of hydrogen-bond donors (Lipinski definition) is 1. The molecule has 0 bridgehead atoms. The minimum atomic E-state index is -0.654. The molecule has 3 heteroatoms. The first-order valence-electron chi connectivity index (χ1n) is 6.41. The van der Waals surface area contributed by atoms with Crippen molar-refractivity contribution in [3.8, 4) is 23.2 Å². The van der Waals surface area contributed by atoms with E-state index in [2.05, 4.69) is 28.4 Å². The Morgan fingerprint density at radius 3 is 2.65 bits per heavy atom. The molecule has 0 saturated carbocycles. The molecule has 1 N–H and O–H groups in total. The van der Waals surface area contributed by atoms with E-state index in [-0.39, 0.29) is 0 Å². The van der Waals surface area contributed by atoms with Crippen LogP contribution in [0.15, 0.2) is 49.3 Å². The average molecular weight is 264 g/mol. The van der Waals surface area contributed by atoms with Crippen LogP contribution in [0, 0.1) is 11.8 Å². The molecule has 1 unspecified atom stereocenters. The fourth-order valence-electron chi connectivity index (χ4n) is 1.74. The number of benzene rings is 1. The van der Waals surface area contributed by atoms with Crippen molar-refractivity contribution in [3.05, 3.63) is 60.4 Å². The van der Waals surface area contributed by atoms with Crippen LogP contribution in [0.3, 0.4) is 0 Å². The Balaban J connectivity index is 2.37. The van der Waals surface area contributed by atoms with Gasteiger partial charge in [0.15, 0.2) is 5.82 Å². The van der Waals surface area contributed by atoms with Gasteiger partial charge in [0, 0.05) is 23.5 Å². The Morgan fingerprint density at radius 2 is 2.00 bits per heavy atom. The molecule has 1 atom stereocenters. The molecule has 0 fully saturated rings. The molecule has 0 aliphatic rings. The van der Waals surface area contributed by atoms with Gasteiger partial charge < -0.3 is 5.11 Å². The van der Waals surface area contributed by atoms with Crippen LogP contribution in [-0.4, -0.2) is 21.2 Å². The van der Waals surface area contributed by atoms with Crippen LogP contribution >= 0.6 is 0 Å². The Morgan fingerprint density at radius 1 is 1.30 bits per heavy atom. The first-order valence-corrected chi connectivity index (χ1v) is 6.41. The number of aliphatic hydroxyl groups is 1. The normalized spacial score (nSPS) is 11.3. The number of rotatable bonds is 3. The summed E-state index contributed by atoms with van der Waals surface area (Å²) in [6.07, 6.45) is 5.51. The molecular formula is C17H16N2O. The number of aromatic nitrogens is 2. The lowest BCUT2D eigenvalue weighted by molar-refractivity contribution is 0.253. The zero-order chi connectivity index (χ0) is 14.4. The lowest BCUT2D eigenvalue weighted by Crippen LogP contribution is -1.95. The van der Waals surface area contributed by atoms with E-state index in [9.17, 15) is 5.11 Å². The van der Waals surface area contributed by atoms with Crippen molar-refractivity contribution in [1.29, 1.82) is 0 Å². The fourth-order valence-corrected chi connectivity index (χ4v) is 1.74. The second-order valence-corrected chi connectivity index (χ2v) is 4.40. The third-order valence-electron chi connectivity index (χ3n) is 2.67. The van der Waals surface area contributed by atoms with Crippen LogP contribution in [-0.2, 0) is 6.42 Å².